The van der Waals surface area contributed by atoms with E-state index in [-0.39, 0.29) is 11.5 Å². The normalized spacial score (nSPS) is 14.4. The van der Waals surface area contributed by atoms with Crippen molar-refractivity contribution in [1.82, 2.24) is 0 Å². The van der Waals surface area contributed by atoms with Crippen LogP contribution in [0.3, 0.4) is 0 Å². The zero-order valence-electron chi connectivity index (χ0n) is 6.26. The van der Waals surface area contributed by atoms with Gasteiger partial charge in [-0.2, -0.15) is 0 Å². The zero-order valence-corrected chi connectivity index (χ0v) is 6.26. The molecule has 0 saturated carbocycles. The number of hydrogen-bond donors (Lipinski definition) is 2. The van der Waals surface area contributed by atoms with Gasteiger partial charge in [0.1, 0.15) is 5.76 Å². The van der Waals surface area contributed by atoms with E-state index in [0.29, 0.717) is 0 Å². The molecule has 10 heavy (non-hydrogen) atoms. The highest BCUT2D eigenvalue weighted by atomic mass is 16.3. The second-order valence-electron chi connectivity index (χ2n) is 2.06. The Morgan fingerprint density at radius 1 is 1.30 bits per heavy atom. The van der Waals surface area contributed by atoms with Crippen molar-refractivity contribution in [3.8, 4) is 0 Å². The third kappa shape index (κ3) is 2.97. The molecular formula is C8H12O2. The van der Waals surface area contributed by atoms with Gasteiger partial charge in [0.15, 0.2) is 5.76 Å². The van der Waals surface area contributed by atoms with Crippen molar-refractivity contribution in [2.24, 2.45) is 0 Å². The molecule has 2 nitrogen and oxygen atoms in total. The third-order valence-electron chi connectivity index (χ3n) is 1.06. The van der Waals surface area contributed by atoms with Gasteiger partial charge >= 0.3 is 0 Å². The van der Waals surface area contributed by atoms with Crippen LogP contribution in [0.2, 0.25) is 0 Å². The maximum absolute atomic E-state index is 8.93. The summed E-state index contributed by atoms with van der Waals surface area (Å²) in [5.74, 6) is -0.196. The van der Waals surface area contributed by atoms with Crippen LogP contribution in [0.4, 0.5) is 0 Å². The van der Waals surface area contributed by atoms with Crippen LogP contribution in [0.15, 0.2) is 35.8 Å². The largest absolute Gasteiger partial charge is 0.509 e. The van der Waals surface area contributed by atoms with E-state index in [0.717, 1.165) is 5.57 Å². The first-order chi connectivity index (χ1) is 4.57. The van der Waals surface area contributed by atoms with Gasteiger partial charge in [-0.25, -0.2) is 0 Å². The van der Waals surface area contributed by atoms with E-state index in [4.69, 9.17) is 10.2 Å². The van der Waals surface area contributed by atoms with Gasteiger partial charge in [0.05, 0.1) is 0 Å². The molecular weight excluding hydrogens is 128 g/mol. The van der Waals surface area contributed by atoms with E-state index in [9.17, 15) is 0 Å². The second kappa shape index (κ2) is 3.77. The average Bonchev–Trinajstić information content (AvgIpc) is 1.87. The molecule has 0 amide bonds. The van der Waals surface area contributed by atoms with Gasteiger partial charge in [0.2, 0.25) is 0 Å². The Balaban J connectivity index is 4.42. The molecule has 0 unspecified atom stereocenters. The lowest BCUT2D eigenvalue weighted by molar-refractivity contribution is 0.339. The first-order valence-electron chi connectivity index (χ1n) is 2.97. The summed E-state index contributed by atoms with van der Waals surface area (Å²) in [6.07, 6.45) is 3.04. The number of aliphatic hydroxyl groups excluding tert-OH is 2. The highest BCUT2D eigenvalue weighted by Gasteiger charge is 1.91. The summed E-state index contributed by atoms with van der Waals surface area (Å²) in [4.78, 5) is 0. The van der Waals surface area contributed by atoms with Crippen molar-refractivity contribution in [3.05, 3.63) is 35.8 Å². The number of allylic oxidation sites excluding steroid dienone is 4. The smallest absolute Gasteiger partial charge is 0.152 e. The van der Waals surface area contributed by atoms with E-state index in [2.05, 4.69) is 6.58 Å². The molecule has 0 spiro atoms. The molecule has 0 aliphatic carbocycles. The Hall–Kier alpha value is -1.18. The highest BCUT2D eigenvalue weighted by Crippen LogP contribution is 2.02. The monoisotopic (exact) mass is 140 g/mol. The van der Waals surface area contributed by atoms with Crippen LogP contribution in [0, 0.1) is 0 Å². The minimum Gasteiger partial charge on any atom is -0.509 e. The SMILES string of the molecule is C=C/C(C)=C\C(O)=C(/C)O. The van der Waals surface area contributed by atoms with Crippen molar-refractivity contribution >= 4 is 0 Å². The van der Waals surface area contributed by atoms with Gasteiger partial charge in [-0.1, -0.05) is 12.7 Å². The van der Waals surface area contributed by atoms with Crippen LogP contribution in [0.25, 0.3) is 0 Å². The molecule has 0 fully saturated rings. The average molecular weight is 140 g/mol. The van der Waals surface area contributed by atoms with Gasteiger partial charge in [-0.15, -0.1) is 0 Å². The minimum atomic E-state index is -0.114. The summed E-state index contributed by atoms with van der Waals surface area (Å²) in [6, 6.07) is 0. The number of rotatable bonds is 2. The molecule has 0 saturated heterocycles. The molecule has 56 valence electrons. The summed E-state index contributed by atoms with van der Waals surface area (Å²) < 4.78 is 0. The lowest BCUT2D eigenvalue weighted by Crippen LogP contribution is -1.82. The second-order valence-corrected chi connectivity index (χ2v) is 2.06. The quantitative estimate of drug-likeness (QED) is 0.457. The van der Waals surface area contributed by atoms with Gasteiger partial charge in [0, 0.05) is 0 Å². The van der Waals surface area contributed by atoms with E-state index in [1.165, 1.54) is 13.0 Å². The summed E-state index contributed by atoms with van der Waals surface area (Å²) in [7, 11) is 0. The van der Waals surface area contributed by atoms with Crippen molar-refractivity contribution in [2.75, 3.05) is 0 Å². The fraction of sp³-hybridized carbons (Fsp3) is 0.250. The fourth-order valence-electron chi connectivity index (χ4n) is 0.379. The lowest BCUT2D eigenvalue weighted by Gasteiger charge is -1.94. The predicted octanol–water partition coefficient (Wildman–Crippen LogP) is 2.47. The van der Waals surface area contributed by atoms with Gasteiger partial charge in [-0.3, -0.25) is 0 Å². The third-order valence-corrected chi connectivity index (χ3v) is 1.06. The van der Waals surface area contributed by atoms with Crippen molar-refractivity contribution in [1.29, 1.82) is 0 Å². The molecule has 2 heteroatoms. The van der Waals surface area contributed by atoms with Gasteiger partial charge in [-0.05, 0) is 25.5 Å². The van der Waals surface area contributed by atoms with Crippen molar-refractivity contribution in [2.45, 2.75) is 13.8 Å². The standard InChI is InChI=1S/C8H12O2/c1-4-6(2)5-8(10)7(3)9/h4-5,9-10H,1H2,2-3H3/b6-5-,8-7-. The number of hydrogen-bond acceptors (Lipinski definition) is 2. The molecule has 2 N–H and O–H groups in total. The molecule has 0 aromatic carbocycles. The summed E-state index contributed by atoms with van der Waals surface area (Å²) in [5, 5.41) is 17.6. The summed E-state index contributed by atoms with van der Waals surface area (Å²) >= 11 is 0. The topological polar surface area (TPSA) is 40.5 Å². The van der Waals surface area contributed by atoms with E-state index in [1.54, 1.807) is 13.0 Å². The van der Waals surface area contributed by atoms with Crippen molar-refractivity contribution < 1.29 is 10.2 Å². The molecule has 0 radical (unpaired) electrons. The first kappa shape index (κ1) is 8.82. The maximum Gasteiger partial charge on any atom is 0.152 e. The molecule has 0 aromatic rings. The number of aliphatic hydroxyl groups is 2. The minimum absolute atomic E-state index is 0.0822. The van der Waals surface area contributed by atoms with Gasteiger partial charge < -0.3 is 10.2 Å². The van der Waals surface area contributed by atoms with Crippen LogP contribution in [0.5, 0.6) is 0 Å². The fourth-order valence-corrected chi connectivity index (χ4v) is 0.379. The predicted molar refractivity (Wildman–Crippen MR) is 41.9 cm³/mol. The zero-order chi connectivity index (χ0) is 8.15. The molecule has 0 aliphatic rings. The Kier molecular flexibility index (Phi) is 3.33. The van der Waals surface area contributed by atoms with E-state index >= 15 is 0 Å². The summed E-state index contributed by atoms with van der Waals surface area (Å²) in [5.41, 5.74) is 0.811. The van der Waals surface area contributed by atoms with Crippen LogP contribution < -0.4 is 0 Å². The van der Waals surface area contributed by atoms with E-state index < -0.39 is 0 Å². The first-order valence-corrected chi connectivity index (χ1v) is 2.97. The van der Waals surface area contributed by atoms with Crippen LogP contribution in [0.1, 0.15) is 13.8 Å². The van der Waals surface area contributed by atoms with E-state index in [1.807, 2.05) is 0 Å². The lowest BCUT2D eigenvalue weighted by atomic mass is 10.2. The molecule has 0 heterocycles. The Bertz CT molecular complexity index is 183. The van der Waals surface area contributed by atoms with Crippen LogP contribution >= 0.6 is 0 Å². The molecule has 0 aliphatic heterocycles. The van der Waals surface area contributed by atoms with Crippen molar-refractivity contribution in [3.63, 3.8) is 0 Å². The molecule has 0 aromatic heterocycles. The highest BCUT2D eigenvalue weighted by molar-refractivity contribution is 5.24. The summed E-state index contributed by atoms with van der Waals surface area (Å²) in [6.45, 7) is 6.69. The molecule has 0 atom stereocenters. The Morgan fingerprint density at radius 2 is 1.80 bits per heavy atom. The molecule has 0 bridgehead atoms. The maximum atomic E-state index is 8.93. The Labute approximate surface area is 60.8 Å². The van der Waals surface area contributed by atoms with Crippen LogP contribution in [-0.2, 0) is 0 Å². The molecule has 0 rings (SSSR count). The van der Waals surface area contributed by atoms with Crippen LogP contribution in [-0.4, -0.2) is 10.2 Å². The Morgan fingerprint density at radius 3 is 2.10 bits per heavy atom. The van der Waals surface area contributed by atoms with Gasteiger partial charge in [0.25, 0.3) is 0 Å².